The van der Waals surface area contributed by atoms with Crippen LogP contribution in [0.5, 0.6) is 0 Å². The first-order valence-electron chi connectivity index (χ1n) is 5.54. The van der Waals surface area contributed by atoms with E-state index in [9.17, 15) is 4.79 Å². The smallest absolute Gasteiger partial charge is 0.313 e. The van der Waals surface area contributed by atoms with Crippen LogP contribution in [0.3, 0.4) is 0 Å². The van der Waals surface area contributed by atoms with E-state index >= 15 is 0 Å². The molecule has 0 amide bonds. The van der Waals surface area contributed by atoms with Crippen LogP contribution in [-0.4, -0.2) is 26.4 Å². The molecule has 4 nitrogen and oxygen atoms in total. The average molecular weight is 262 g/mol. The van der Waals surface area contributed by atoms with Gasteiger partial charge in [0.25, 0.3) is 0 Å². The fourth-order valence-electron chi connectivity index (χ4n) is 1.59. The zero-order chi connectivity index (χ0) is 13.1. The first-order valence-corrected chi connectivity index (χ1v) is 6.52. The van der Waals surface area contributed by atoms with E-state index in [0.29, 0.717) is 5.16 Å². The van der Waals surface area contributed by atoms with Crippen molar-refractivity contribution < 1.29 is 9.90 Å². The molecule has 0 aliphatic heterocycles. The maximum Gasteiger partial charge on any atom is 0.313 e. The highest BCUT2D eigenvalue weighted by Gasteiger charge is 2.09. The number of carbonyl (C=O) groups is 1. The van der Waals surface area contributed by atoms with Crippen LogP contribution in [-0.2, 0) is 4.79 Å². The third-order valence-electron chi connectivity index (χ3n) is 2.43. The number of aromatic nitrogens is 2. The molecule has 0 bridgehead atoms. The standard InChI is InChI=1S/C13H14N2O2S/c1-9-3-5-11(6-4-9)15-7-10(2)14-13(15)18-8-12(16)17/h3-7H,8H2,1-2H3,(H,16,17). The van der Waals surface area contributed by atoms with Gasteiger partial charge in [0.15, 0.2) is 5.16 Å². The number of rotatable bonds is 4. The van der Waals surface area contributed by atoms with Crippen molar-refractivity contribution in [1.82, 2.24) is 9.55 Å². The lowest BCUT2D eigenvalue weighted by Gasteiger charge is -2.06. The van der Waals surface area contributed by atoms with Crippen LogP contribution in [0.25, 0.3) is 5.69 Å². The van der Waals surface area contributed by atoms with Crippen molar-refractivity contribution in [3.05, 3.63) is 41.7 Å². The van der Waals surface area contributed by atoms with Crippen molar-refractivity contribution in [3.8, 4) is 5.69 Å². The molecule has 1 N–H and O–H groups in total. The fraction of sp³-hybridized carbons (Fsp3) is 0.231. The van der Waals surface area contributed by atoms with Gasteiger partial charge in [0, 0.05) is 11.9 Å². The highest BCUT2D eigenvalue weighted by Crippen LogP contribution is 2.22. The van der Waals surface area contributed by atoms with Gasteiger partial charge in [0.05, 0.1) is 11.4 Å². The average Bonchev–Trinajstić information content (AvgIpc) is 2.69. The van der Waals surface area contributed by atoms with Crippen molar-refractivity contribution in [3.63, 3.8) is 0 Å². The van der Waals surface area contributed by atoms with Crippen LogP contribution in [0.2, 0.25) is 0 Å². The molecule has 0 aliphatic carbocycles. The SMILES string of the molecule is Cc1ccc(-n2cc(C)nc2SCC(=O)O)cc1. The van der Waals surface area contributed by atoms with Crippen molar-refractivity contribution >= 4 is 17.7 Å². The Kier molecular flexibility index (Phi) is 3.72. The van der Waals surface area contributed by atoms with Gasteiger partial charge in [0.2, 0.25) is 0 Å². The van der Waals surface area contributed by atoms with Gasteiger partial charge in [-0.1, -0.05) is 29.5 Å². The Bertz CT molecular complexity index is 561. The van der Waals surface area contributed by atoms with Gasteiger partial charge in [-0.05, 0) is 26.0 Å². The summed E-state index contributed by atoms with van der Waals surface area (Å²) in [5.74, 6) is -0.821. The molecule has 0 aliphatic rings. The second-order valence-corrected chi connectivity index (χ2v) is 5.00. The van der Waals surface area contributed by atoms with E-state index in [-0.39, 0.29) is 5.75 Å². The second kappa shape index (κ2) is 5.27. The van der Waals surface area contributed by atoms with Crippen LogP contribution < -0.4 is 0 Å². The Hall–Kier alpha value is -1.75. The van der Waals surface area contributed by atoms with Crippen LogP contribution in [0, 0.1) is 13.8 Å². The molecule has 0 atom stereocenters. The van der Waals surface area contributed by atoms with Gasteiger partial charge >= 0.3 is 5.97 Å². The summed E-state index contributed by atoms with van der Waals surface area (Å²) in [5, 5.41) is 9.43. The third-order valence-corrected chi connectivity index (χ3v) is 3.37. The zero-order valence-corrected chi connectivity index (χ0v) is 11.1. The molecule has 5 heteroatoms. The van der Waals surface area contributed by atoms with E-state index in [4.69, 9.17) is 5.11 Å². The molecule has 0 radical (unpaired) electrons. The van der Waals surface area contributed by atoms with Gasteiger partial charge in [0.1, 0.15) is 0 Å². The number of aryl methyl sites for hydroxylation is 2. The summed E-state index contributed by atoms with van der Waals surface area (Å²) in [5.41, 5.74) is 3.06. The summed E-state index contributed by atoms with van der Waals surface area (Å²) in [6.07, 6.45) is 1.91. The molecule has 18 heavy (non-hydrogen) atoms. The first kappa shape index (κ1) is 12.7. The maximum atomic E-state index is 10.6. The van der Waals surface area contributed by atoms with E-state index in [1.807, 2.05) is 48.9 Å². The molecule has 2 rings (SSSR count). The monoisotopic (exact) mass is 262 g/mol. The summed E-state index contributed by atoms with van der Waals surface area (Å²) in [4.78, 5) is 15.0. The van der Waals surface area contributed by atoms with Gasteiger partial charge in [-0.15, -0.1) is 0 Å². The van der Waals surface area contributed by atoms with Crippen molar-refractivity contribution in [1.29, 1.82) is 0 Å². The number of carboxylic acid groups (broad SMARTS) is 1. The van der Waals surface area contributed by atoms with E-state index < -0.39 is 5.97 Å². The predicted octanol–water partition coefficient (Wildman–Crippen LogP) is 2.67. The maximum absolute atomic E-state index is 10.6. The number of imidazole rings is 1. The van der Waals surface area contributed by atoms with Gasteiger partial charge in [-0.2, -0.15) is 0 Å². The fourth-order valence-corrected chi connectivity index (χ4v) is 2.35. The summed E-state index contributed by atoms with van der Waals surface area (Å²) in [7, 11) is 0. The van der Waals surface area contributed by atoms with Crippen molar-refractivity contribution in [2.45, 2.75) is 19.0 Å². The lowest BCUT2D eigenvalue weighted by molar-refractivity contribution is -0.133. The van der Waals surface area contributed by atoms with Crippen LogP contribution >= 0.6 is 11.8 Å². The minimum atomic E-state index is -0.837. The Morgan fingerprint density at radius 3 is 2.61 bits per heavy atom. The predicted molar refractivity (Wildman–Crippen MR) is 71.4 cm³/mol. The highest BCUT2D eigenvalue weighted by atomic mass is 32.2. The normalized spacial score (nSPS) is 10.6. The molecule has 1 aromatic heterocycles. The molecule has 0 saturated heterocycles. The van der Waals surface area contributed by atoms with Crippen LogP contribution in [0.1, 0.15) is 11.3 Å². The summed E-state index contributed by atoms with van der Waals surface area (Å²) in [6.45, 7) is 3.93. The van der Waals surface area contributed by atoms with Gasteiger partial charge in [-0.25, -0.2) is 4.98 Å². The quantitative estimate of drug-likeness (QED) is 0.861. The van der Waals surface area contributed by atoms with Crippen LogP contribution in [0.4, 0.5) is 0 Å². The minimum Gasteiger partial charge on any atom is -0.481 e. The Labute approximate surface area is 110 Å². The lowest BCUT2D eigenvalue weighted by Crippen LogP contribution is -2.01. The third kappa shape index (κ3) is 2.92. The second-order valence-electron chi connectivity index (χ2n) is 4.05. The molecule has 0 saturated carbocycles. The molecule has 2 aromatic rings. The van der Waals surface area contributed by atoms with E-state index in [1.165, 1.54) is 17.3 Å². The summed E-state index contributed by atoms with van der Waals surface area (Å²) >= 11 is 1.23. The zero-order valence-electron chi connectivity index (χ0n) is 10.3. The molecule has 1 heterocycles. The van der Waals surface area contributed by atoms with Crippen molar-refractivity contribution in [2.75, 3.05) is 5.75 Å². The molecule has 1 aromatic carbocycles. The number of nitrogens with zero attached hydrogens (tertiary/aromatic N) is 2. The Morgan fingerprint density at radius 2 is 2.00 bits per heavy atom. The molecule has 94 valence electrons. The highest BCUT2D eigenvalue weighted by molar-refractivity contribution is 7.99. The number of carboxylic acids is 1. The van der Waals surface area contributed by atoms with E-state index in [1.54, 1.807) is 0 Å². The first-order chi connectivity index (χ1) is 8.56. The van der Waals surface area contributed by atoms with Crippen molar-refractivity contribution in [2.24, 2.45) is 0 Å². The molecular weight excluding hydrogens is 248 g/mol. The number of hydrogen-bond donors (Lipinski definition) is 1. The largest absolute Gasteiger partial charge is 0.481 e. The van der Waals surface area contributed by atoms with E-state index in [2.05, 4.69) is 4.98 Å². The Morgan fingerprint density at radius 1 is 1.33 bits per heavy atom. The van der Waals surface area contributed by atoms with Crippen LogP contribution in [0.15, 0.2) is 35.6 Å². The lowest BCUT2D eigenvalue weighted by atomic mass is 10.2. The number of benzene rings is 1. The summed E-state index contributed by atoms with van der Waals surface area (Å²) in [6, 6.07) is 8.05. The topological polar surface area (TPSA) is 55.1 Å². The molecule has 0 spiro atoms. The number of aliphatic carboxylic acids is 1. The van der Waals surface area contributed by atoms with Gasteiger partial charge in [-0.3, -0.25) is 9.36 Å². The minimum absolute atomic E-state index is 0.0162. The Balaban J connectivity index is 2.31. The number of hydrogen-bond acceptors (Lipinski definition) is 3. The molecule has 0 fully saturated rings. The number of thioether (sulfide) groups is 1. The molecular formula is C13H14N2O2S. The van der Waals surface area contributed by atoms with E-state index in [0.717, 1.165) is 11.4 Å². The van der Waals surface area contributed by atoms with Gasteiger partial charge < -0.3 is 5.11 Å². The molecule has 0 unspecified atom stereocenters. The summed E-state index contributed by atoms with van der Waals surface area (Å²) < 4.78 is 1.92.